The lowest BCUT2D eigenvalue weighted by molar-refractivity contribution is 0.0922. The van der Waals surface area contributed by atoms with Gasteiger partial charge in [0.15, 0.2) is 11.5 Å². The number of benzene rings is 1. The van der Waals surface area contributed by atoms with E-state index >= 15 is 0 Å². The van der Waals surface area contributed by atoms with Crippen LogP contribution in [0.3, 0.4) is 0 Å². The standard InChI is InChI=1S/C16H24N2O4/c1-20-13-9-8-12(14(21-2)15(13)22-3)16(19)18-11-6-4-10(17)5-7-11/h8-11H,4-7,17H2,1-3H3,(H,18,19). The van der Waals surface area contributed by atoms with Gasteiger partial charge in [0, 0.05) is 12.1 Å². The van der Waals surface area contributed by atoms with Gasteiger partial charge < -0.3 is 25.3 Å². The molecule has 0 radical (unpaired) electrons. The average molecular weight is 308 g/mol. The first-order valence-corrected chi connectivity index (χ1v) is 7.46. The van der Waals surface area contributed by atoms with E-state index in [-0.39, 0.29) is 18.0 Å². The lowest BCUT2D eigenvalue weighted by atomic mass is 9.91. The van der Waals surface area contributed by atoms with Crippen LogP contribution in [0.25, 0.3) is 0 Å². The highest BCUT2D eigenvalue weighted by Gasteiger charge is 2.24. The van der Waals surface area contributed by atoms with E-state index in [0.717, 1.165) is 25.7 Å². The van der Waals surface area contributed by atoms with Gasteiger partial charge in [-0.25, -0.2) is 0 Å². The summed E-state index contributed by atoms with van der Waals surface area (Å²) in [6, 6.07) is 3.80. The van der Waals surface area contributed by atoms with Crippen LogP contribution in [-0.4, -0.2) is 39.3 Å². The summed E-state index contributed by atoms with van der Waals surface area (Å²) in [5, 5.41) is 3.05. The predicted molar refractivity (Wildman–Crippen MR) is 83.8 cm³/mol. The summed E-state index contributed by atoms with van der Waals surface area (Å²) >= 11 is 0. The number of methoxy groups -OCH3 is 3. The summed E-state index contributed by atoms with van der Waals surface area (Å²) in [4.78, 5) is 12.5. The fraction of sp³-hybridized carbons (Fsp3) is 0.562. The number of hydrogen-bond donors (Lipinski definition) is 2. The first-order chi connectivity index (χ1) is 10.6. The van der Waals surface area contributed by atoms with Crippen molar-refractivity contribution in [2.45, 2.75) is 37.8 Å². The van der Waals surface area contributed by atoms with Crippen molar-refractivity contribution in [3.63, 3.8) is 0 Å². The van der Waals surface area contributed by atoms with Gasteiger partial charge in [-0.1, -0.05) is 0 Å². The molecule has 2 rings (SSSR count). The van der Waals surface area contributed by atoms with Crippen molar-refractivity contribution in [3.05, 3.63) is 17.7 Å². The molecule has 0 spiro atoms. The van der Waals surface area contributed by atoms with Crippen LogP contribution < -0.4 is 25.3 Å². The normalized spacial score (nSPS) is 21.1. The van der Waals surface area contributed by atoms with Gasteiger partial charge in [0.1, 0.15) is 0 Å². The molecule has 0 heterocycles. The molecule has 1 aromatic carbocycles. The van der Waals surface area contributed by atoms with E-state index in [4.69, 9.17) is 19.9 Å². The number of nitrogens with two attached hydrogens (primary N) is 1. The van der Waals surface area contributed by atoms with Crippen molar-refractivity contribution in [1.82, 2.24) is 5.32 Å². The first kappa shape index (κ1) is 16.4. The third-order valence-electron chi connectivity index (χ3n) is 4.06. The van der Waals surface area contributed by atoms with Crippen molar-refractivity contribution in [1.29, 1.82) is 0 Å². The van der Waals surface area contributed by atoms with Crippen LogP contribution in [0.5, 0.6) is 17.2 Å². The molecule has 1 aliphatic carbocycles. The summed E-state index contributed by atoms with van der Waals surface area (Å²) in [5.41, 5.74) is 6.33. The van der Waals surface area contributed by atoms with Crippen LogP contribution in [0.1, 0.15) is 36.0 Å². The van der Waals surface area contributed by atoms with E-state index in [9.17, 15) is 4.79 Å². The fourth-order valence-corrected chi connectivity index (χ4v) is 2.81. The Hall–Kier alpha value is -1.95. The number of amides is 1. The first-order valence-electron chi connectivity index (χ1n) is 7.46. The number of nitrogens with one attached hydrogen (secondary N) is 1. The molecule has 1 amide bonds. The molecule has 3 N–H and O–H groups in total. The molecule has 0 atom stereocenters. The number of rotatable bonds is 5. The summed E-state index contributed by atoms with van der Waals surface area (Å²) in [5.74, 6) is 1.16. The van der Waals surface area contributed by atoms with Crippen molar-refractivity contribution >= 4 is 5.91 Å². The quantitative estimate of drug-likeness (QED) is 0.865. The van der Waals surface area contributed by atoms with Gasteiger partial charge >= 0.3 is 0 Å². The van der Waals surface area contributed by atoms with E-state index in [2.05, 4.69) is 5.32 Å². The molecule has 22 heavy (non-hydrogen) atoms. The average Bonchev–Trinajstić information content (AvgIpc) is 2.55. The van der Waals surface area contributed by atoms with Gasteiger partial charge in [-0.3, -0.25) is 4.79 Å². The third-order valence-corrected chi connectivity index (χ3v) is 4.06. The van der Waals surface area contributed by atoms with Gasteiger partial charge in [0.2, 0.25) is 5.75 Å². The van der Waals surface area contributed by atoms with E-state index in [1.165, 1.54) is 14.2 Å². The highest BCUT2D eigenvalue weighted by atomic mass is 16.5. The van der Waals surface area contributed by atoms with Crippen molar-refractivity contribution < 1.29 is 19.0 Å². The molecule has 1 aromatic rings. The van der Waals surface area contributed by atoms with Crippen LogP contribution >= 0.6 is 0 Å². The molecule has 6 nitrogen and oxygen atoms in total. The van der Waals surface area contributed by atoms with Crippen LogP contribution in [0.2, 0.25) is 0 Å². The summed E-state index contributed by atoms with van der Waals surface area (Å²) < 4.78 is 15.9. The molecule has 1 fully saturated rings. The van der Waals surface area contributed by atoms with Gasteiger partial charge in [-0.05, 0) is 37.8 Å². The van der Waals surface area contributed by atoms with Gasteiger partial charge in [-0.2, -0.15) is 0 Å². The Balaban J connectivity index is 2.18. The SMILES string of the molecule is COc1ccc(C(=O)NC2CCC(N)CC2)c(OC)c1OC. The van der Waals surface area contributed by atoms with E-state index in [0.29, 0.717) is 22.8 Å². The molecule has 0 unspecified atom stereocenters. The molecule has 122 valence electrons. The largest absolute Gasteiger partial charge is 0.493 e. The topological polar surface area (TPSA) is 82.8 Å². The zero-order valence-electron chi connectivity index (χ0n) is 13.3. The van der Waals surface area contributed by atoms with E-state index < -0.39 is 0 Å². The van der Waals surface area contributed by atoms with Crippen LogP contribution in [0.15, 0.2) is 12.1 Å². The number of carbonyl (C=O) groups excluding carboxylic acids is 1. The summed E-state index contributed by atoms with van der Waals surface area (Å²) in [6.45, 7) is 0. The lowest BCUT2D eigenvalue weighted by Gasteiger charge is -2.27. The molecule has 1 aliphatic rings. The smallest absolute Gasteiger partial charge is 0.255 e. The Bertz CT molecular complexity index is 525. The molecule has 0 aromatic heterocycles. The predicted octanol–water partition coefficient (Wildman–Crippen LogP) is 1.71. The maximum absolute atomic E-state index is 12.5. The number of carbonyl (C=O) groups is 1. The minimum Gasteiger partial charge on any atom is -0.493 e. The zero-order chi connectivity index (χ0) is 16.1. The van der Waals surface area contributed by atoms with E-state index in [1.54, 1.807) is 19.2 Å². The minimum atomic E-state index is -0.168. The lowest BCUT2D eigenvalue weighted by Crippen LogP contribution is -2.40. The van der Waals surface area contributed by atoms with Crippen LogP contribution in [0, 0.1) is 0 Å². The molecular weight excluding hydrogens is 284 g/mol. The van der Waals surface area contributed by atoms with Gasteiger partial charge in [0.05, 0.1) is 26.9 Å². The van der Waals surface area contributed by atoms with Crippen molar-refractivity contribution in [2.24, 2.45) is 5.73 Å². The fourth-order valence-electron chi connectivity index (χ4n) is 2.81. The molecule has 0 bridgehead atoms. The van der Waals surface area contributed by atoms with Gasteiger partial charge in [-0.15, -0.1) is 0 Å². The maximum atomic E-state index is 12.5. The highest BCUT2D eigenvalue weighted by Crippen LogP contribution is 2.39. The zero-order valence-corrected chi connectivity index (χ0v) is 13.3. The maximum Gasteiger partial charge on any atom is 0.255 e. The highest BCUT2D eigenvalue weighted by molar-refractivity contribution is 5.98. The Morgan fingerprint density at radius 1 is 1.05 bits per heavy atom. The molecule has 1 saturated carbocycles. The van der Waals surface area contributed by atoms with Gasteiger partial charge in [0.25, 0.3) is 5.91 Å². The Kier molecular flexibility index (Phi) is 5.49. The van der Waals surface area contributed by atoms with Crippen molar-refractivity contribution in [3.8, 4) is 17.2 Å². The number of hydrogen-bond acceptors (Lipinski definition) is 5. The van der Waals surface area contributed by atoms with Crippen molar-refractivity contribution in [2.75, 3.05) is 21.3 Å². The summed E-state index contributed by atoms with van der Waals surface area (Å²) in [6.07, 6.45) is 3.69. The number of ether oxygens (including phenoxy) is 3. The Morgan fingerprint density at radius 2 is 1.68 bits per heavy atom. The van der Waals surface area contributed by atoms with Crippen LogP contribution in [0.4, 0.5) is 0 Å². The molecular formula is C16H24N2O4. The molecule has 0 saturated heterocycles. The molecule has 0 aliphatic heterocycles. The monoisotopic (exact) mass is 308 g/mol. The third kappa shape index (κ3) is 3.44. The Labute approximate surface area is 130 Å². The second-order valence-corrected chi connectivity index (χ2v) is 5.47. The Morgan fingerprint density at radius 3 is 2.23 bits per heavy atom. The molecule has 6 heteroatoms. The second-order valence-electron chi connectivity index (χ2n) is 5.47. The van der Waals surface area contributed by atoms with Crippen LogP contribution in [-0.2, 0) is 0 Å². The van der Waals surface area contributed by atoms with E-state index in [1.807, 2.05) is 0 Å². The minimum absolute atomic E-state index is 0.158. The second kappa shape index (κ2) is 7.35. The summed E-state index contributed by atoms with van der Waals surface area (Å²) in [7, 11) is 4.57.